The molecule has 6 nitrogen and oxygen atoms in total. The predicted octanol–water partition coefficient (Wildman–Crippen LogP) is 3.09. The molecule has 0 aliphatic carbocycles. The second kappa shape index (κ2) is 6.73. The molecule has 0 aliphatic rings. The molecule has 2 rings (SSSR count). The number of phenolic OH excluding ortho intramolecular Hbond substituents is 1. The van der Waals surface area contributed by atoms with Crippen molar-refractivity contribution in [2.75, 3.05) is 6.54 Å². The maximum Gasteiger partial charge on any atom is 0.407 e. The smallest absolute Gasteiger partial charge is 0.407 e. The van der Waals surface area contributed by atoms with Crippen molar-refractivity contribution in [2.45, 2.75) is 39.8 Å². The molecule has 2 N–H and O–H groups in total. The summed E-state index contributed by atoms with van der Waals surface area (Å²) < 4.78 is 6.93. The van der Waals surface area contributed by atoms with E-state index in [1.54, 1.807) is 16.9 Å². The molecule has 23 heavy (non-hydrogen) atoms. The Balaban J connectivity index is 1.90. The van der Waals surface area contributed by atoms with Crippen LogP contribution in [0.4, 0.5) is 4.79 Å². The fourth-order valence-corrected chi connectivity index (χ4v) is 2.06. The Hall–Kier alpha value is -2.50. The van der Waals surface area contributed by atoms with Gasteiger partial charge in [-0.15, -0.1) is 0 Å². The Morgan fingerprint density at radius 1 is 1.35 bits per heavy atom. The van der Waals surface area contributed by atoms with Gasteiger partial charge >= 0.3 is 6.09 Å². The van der Waals surface area contributed by atoms with E-state index in [1.807, 2.05) is 46.0 Å². The van der Waals surface area contributed by atoms with Gasteiger partial charge in [-0.2, -0.15) is 5.10 Å². The van der Waals surface area contributed by atoms with Crippen LogP contribution in [-0.2, 0) is 11.3 Å². The molecule has 0 unspecified atom stereocenters. The van der Waals surface area contributed by atoms with Crippen molar-refractivity contribution in [3.63, 3.8) is 0 Å². The van der Waals surface area contributed by atoms with Gasteiger partial charge in [0.05, 0.1) is 12.7 Å². The third kappa shape index (κ3) is 5.02. The lowest BCUT2D eigenvalue weighted by Gasteiger charge is -2.19. The van der Waals surface area contributed by atoms with Crippen molar-refractivity contribution in [2.24, 2.45) is 0 Å². The van der Waals surface area contributed by atoms with E-state index in [0.717, 1.165) is 16.7 Å². The fourth-order valence-electron chi connectivity index (χ4n) is 2.06. The number of amides is 1. The SMILES string of the molecule is Cc1cc(-c2cnn(CCNC(=O)OC(C)(C)C)c2)ccc1O. The summed E-state index contributed by atoms with van der Waals surface area (Å²) in [6.45, 7) is 8.32. The highest BCUT2D eigenvalue weighted by atomic mass is 16.6. The van der Waals surface area contributed by atoms with Crippen molar-refractivity contribution in [3.8, 4) is 16.9 Å². The average Bonchev–Trinajstić information content (AvgIpc) is 2.88. The van der Waals surface area contributed by atoms with Gasteiger partial charge in [-0.1, -0.05) is 6.07 Å². The normalized spacial score (nSPS) is 11.3. The number of hydrogen-bond acceptors (Lipinski definition) is 4. The van der Waals surface area contributed by atoms with Gasteiger partial charge in [0, 0.05) is 18.3 Å². The van der Waals surface area contributed by atoms with E-state index in [0.29, 0.717) is 13.1 Å². The van der Waals surface area contributed by atoms with Gasteiger partial charge in [-0.25, -0.2) is 4.79 Å². The zero-order valence-electron chi connectivity index (χ0n) is 14.0. The topological polar surface area (TPSA) is 76.4 Å². The number of aromatic hydroxyl groups is 1. The highest BCUT2D eigenvalue weighted by Gasteiger charge is 2.15. The summed E-state index contributed by atoms with van der Waals surface area (Å²) in [5.74, 6) is 0.280. The second-order valence-electron chi connectivity index (χ2n) is 6.42. The van der Waals surface area contributed by atoms with Gasteiger partial charge in [-0.3, -0.25) is 4.68 Å². The Morgan fingerprint density at radius 2 is 2.09 bits per heavy atom. The molecule has 0 spiro atoms. The Labute approximate surface area is 136 Å². The van der Waals surface area contributed by atoms with Gasteiger partial charge in [-0.05, 0) is 51.0 Å². The summed E-state index contributed by atoms with van der Waals surface area (Å²) in [4.78, 5) is 11.6. The Kier molecular flexibility index (Phi) is 4.93. The van der Waals surface area contributed by atoms with E-state index < -0.39 is 11.7 Å². The maximum absolute atomic E-state index is 11.6. The highest BCUT2D eigenvalue weighted by Crippen LogP contribution is 2.24. The quantitative estimate of drug-likeness (QED) is 0.908. The lowest BCUT2D eigenvalue weighted by molar-refractivity contribution is 0.0525. The molecule has 1 aromatic heterocycles. The molecule has 0 saturated heterocycles. The van der Waals surface area contributed by atoms with Crippen molar-refractivity contribution < 1.29 is 14.6 Å². The largest absolute Gasteiger partial charge is 0.508 e. The van der Waals surface area contributed by atoms with Crippen LogP contribution in [0.25, 0.3) is 11.1 Å². The Morgan fingerprint density at radius 3 is 2.74 bits per heavy atom. The first-order valence-corrected chi connectivity index (χ1v) is 7.54. The van der Waals surface area contributed by atoms with Crippen molar-refractivity contribution in [1.82, 2.24) is 15.1 Å². The first-order chi connectivity index (χ1) is 10.7. The van der Waals surface area contributed by atoms with Crippen LogP contribution in [0.2, 0.25) is 0 Å². The number of phenols is 1. The van der Waals surface area contributed by atoms with Crippen molar-refractivity contribution >= 4 is 6.09 Å². The number of nitrogens with zero attached hydrogens (tertiary/aromatic N) is 2. The van der Waals surface area contributed by atoms with E-state index in [4.69, 9.17) is 4.74 Å². The van der Waals surface area contributed by atoms with Gasteiger partial charge in [0.25, 0.3) is 0 Å². The standard InChI is InChI=1S/C17H23N3O3/c1-12-9-13(5-6-15(12)21)14-10-19-20(11-14)8-7-18-16(22)23-17(2,3)4/h5-6,9-11,21H,7-8H2,1-4H3,(H,18,22). The minimum atomic E-state index is -0.500. The molecule has 0 fully saturated rings. The number of rotatable bonds is 4. The molecule has 0 radical (unpaired) electrons. The van der Waals surface area contributed by atoms with E-state index in [2.05, 4.69) is 10.4 Å². The van der Waals surface area contributed by atoms with Crippen LogP contribution in [0.3, 0.4) is 0 Å². The molecule has 1 amide bonds. The first-order valence-electron chi connectivity index (χ1n) is 7.54. The van der Waals surface area contributed by atoms with Crippen LogP contribution in [0.5, 0.6) is 5.75 Å². The number of alkyl carbamates (subject to hydrolysis) is 1. The lowest BCUT2D eigenvalue weighted by atomic mass is 10.1. The Bertz CT molecular complexity index is 687. The summed E-state index contributed by atoms with van der Waals surface area (Å²) in [6.07, 6.45) is 3.24. The molecule has 6 heteroatoms. The molecular formula is C17H23N3O3. The van der Waals surface area contributed by atoms with Gasteiger partial charge in [0.2, 0.25) is 0 Å². The monoisotopic (exact) mass is 317 g/mol. The predicted molar refractivity (Wildman–Crippen MR) is 88.3 cm³/mol. The minimum absolute atomic E-state index is 0.280. The summed E-state index contributed by atoms with van der Waals surface area (Å²) in [5, 5.41) is 16.5. The van der Waals surface area contributed by atoms with Gasteiger partial charge < -0.3 is 15.2 Å². The highest BCUT2D eigenvalue weighted by molar-refractivity contribution is 5.67. The molecule has 0 bridgehead atoms. The van der Waals surface area contributed by atoms with Gasteiger partial charge in [0.1, 0.15) is 11.4 Å². The zero-order valence-corrected chi connectivity index (χ0v) is 14.0. The first kappa shape index (κ1) is 16.9. The number of benzene rings is 1. The lowest BCUT2D eigenvalue weighted by Crippen LogP contribution is -2.34. The third-order valence-corrected chi connectivity index (χ3v) is 3.17. The molecular weight excluding hydrogens is 294 g/mol. The second-order valence-corrected chi connectivity index (χ2v) is 6.42. The van der Waals surface area contributed by atoms with Crippen LogP contribution in [-0.4, -0.2) is 33.1 Å². The number of carbonyl (C=O) groups excluding carboxylic acids is 1. The summed E-state index contributed by atoms with van der Waals surface area (Å²) >= 11 is 0. The van der Waals surface area contributed by atoms with Crippen LogP contribution >= 0.6 is 0 Å². The molecule has 1 aromatic carbocycles. The number of aromatic nitrogens is 2. The maximum atomic E-state index is 11.6. The fraction of sp³-hybridized carbons (Fsp3) is 0.412. The number of aryl methyl sites for hydroxylation is 1. The summed E-state index contributed by atoms with van der Waals surface area (Å²) in [6, 6.07) is 5.43. The molecule has 124 valence electrons. The van der Waals surface area contributed by atoms with Gasteiger partial charge in [0.15, 0.2) is 0 Å². The number of hydrogen-bond donors (Lipinski definition) is 2. The van der Waals surface area contributed by atoms with E-state index in [-0.39, 0.29) is 5.75 Å². The molecule has 1 heterocycles. The minimum Gasteiger partial charge on any atom is -0.508 e. The number of carbonyl (C=O) groups is 1. The van der Waals surface area contributed by atoms with E-state index >= 15 is 0 Å². The third-order valence-electron chi connectivity index (χ3n) is 3.17. The molecule has 0 atom stereocenters. The van der Waals surface area contributed by atoms with Crippen LogP contribution < -0.4 is 5.32 Å². The average molecular weight is 317 g/mol. The number of ether oxygens (including phenoxy) is 1. The molecule has 0 saturated carbocycles. The number of nitrogens with one attached hydrogen (secondary N) is 1. The van der Waals surface area contributed by atoms with Crippen LogP contribution in [0.15, 0.2) is 30.6 Å². The molecule has 0 aliphatic heterocycles. The van der Waals surface area contributed by atoms with E-state index in [1.165, 1.54) is 0 Å². The van der Waals surface area contributed by atoms with Crippen molar-refractivity contribution in [1.29, 1.82) is 0 Å². The zero-order chi connectivity index (χ0) is 17.0. The van der Waals surface area contributed by atoms with Crippen LogP contribution in [0, 0.1) is 6.92 Å². The van der Waals surface area contributed by atoms with E-state index in [9.17, 15) is 9.90 Å². The molecule has 2 aromatic rings. The summed E-state index contributed by atoms with van der Waals surface area (Å²) in [7, 11) is 0. The van der Waals surface area contributed by atoms with Crippen molar-refractivity contribution in [3.05, 3.63) is 36.2 Å². The summed E-state index contributed by atoms with van der Waals surface area (Å²) in [5.41, 5.74) is 2.28. The van der Waals surface area contributed by atoms with Crippen LogP contribution in [0.1, 0.15) is 26.3 Å².